The van der Waals surface area contributed by atoms with Crippen molar-refractivity contribution in [1.82, 2.24) is 14.9 Å². The molecule has 134 valence electrons. The molecule has 0 saturated carbocycles. The van der Waals surface area contributed by atoms with Gasteiger partial charge >= 0.3 is 0 Å². The molecule has 0 radical (unpaired) electrons. The third-order valence-corrected chi connectivity index (χ3v) is 5.23. The van der Waals surface area contributed by atoms with Gasteiger partial charge in [-0.15, -0.1) is 0 Å². The molecule has 0 aliphatic carbocycles. The molecule has 1 atom stereocenters. The number of nitrogens with one attached hydrogen (secondary N) is 2. The van der Waals surface area contributed by atoms with E-state index in [1.807, 2.05) is 18.4 Å². The van der Waals surface area contributed by atoms with E-state index in [-0.39, 0.29) is 34.3 Å². The summed E-state index contributed by atoms with van der Waals surface area (Å²) in [7, 11) is 0. The van der Waals surface area contributed by atoms with Crippen molar-refractivity contribution >= 4 is 34.1 Å². The Morgan fingerprint density at radius 1 is 1.48 bits per heavy atom. The van der Waals surface area contributed by atoms with E-state index < -0.39 is 11.6 Å². The summed E-state index contributed by atoms with van der Waals surface area (Å²) >= 11 is 8.42. The number of carbonyl (C=O) groups excluding carboxylic acids is 1. The maximum absolute atomic E-state index is 14.4. The van der Waals surface area contributed by atoms with Gasteiger partial charge in [-0.25, -0.2) is 8.78 Å². The highest BCUT2D eigenvalue weighted by Crippen LogP contribution is 2.36. The van der Waals surface area contributed by atoms with Crippen LogP contribution in [0.3, 0.4) is 0 Å². The van der Waals surface area contributed by atoms with Crippen LogP contribution >= 0.6 is 28.1 Å². The Balaban J connectivity index is 1.89. The smallest absolute Gasteiger partial charge is 0.226 e. The minimum Gasteiger partial charge on any atom is -0.354 e. The van der Waals surface area contributed by atoms with Gasteiger partial charge < -0.3 is 14.9 Å². The molecule has 1 aromatic heterocycles. The summed E-state index contributed by atoms with van der Waals surface area (Å²) in [4.78, 5) is 15.1. The molecule has 2 N–H and O–H groups in total. The number of nitrogens with zero attached hydrogens (tertiary/aromatic N) is 1. The molecule has 3 rings (SSSR count). The van der Waals surface area contributed by atoms with Crippen LogP contribution in [0.2, 0.25) is 0 Å². The number of H-pyrrole nitrogens is 1. The zero-order valence-electron chi connectivity index (χ0n) is 13.8. The average molecular weight is 430 g/mol. The van der Waals surface area contributed by atoms with Crippen LogP contribution < -0.4 is 5.32 Å². The van der Waals surface area contributed by atoms with Crippen molar-refractivity contribution < 1.29 is 13.6 Å². The van der Waals surface area contributed by atoms with Gasteiger partial charge in [-0.3, -0.25) is 4.79 Å². The fourth-order valence-corrected chi connectivity index (χ4v) is 3.94. The molecular formula is C17H18BrF2N3OS. The maximum Gasteiger partial charge on any atom is 0.226 e. The van der Waals surface area contributed by atoms with Crippen LogP contribution in [0.15, 0.2) is 16.6 Å². The van der Waals surface area contributed by atoms with E-state index >= 15 is 0 Å². The standard InChI is InChI=1S/C17H18BrF2N3OS/c1-8(2)21-14(24)6-12-13-5-9(7-23(13)17(25)22-12)15-11(19)4-3-10(18)16(15)20/h3-4,8-9H,5-7H2,1-2H3,(H,21,24)(H,22,25)/t9-/m0/s1. The monoisotopic (exact) mass is 429 g/mol. The van der Waals surface area contributed by atoms with Crippen LogP contribution in [-0.2, 0) is 24.2 Å². The summed E-state index contributed by atoms with van der Waals surface area (Å²) in [5, 5.41) is 2.83. The van der Waals surface area contributed by atoms with E-state index in [1.165, 1.54) is 12.1 Å². The van der Waals surface area contributed by atoms with E-state index in [0.29, 0.717) is 23.4 Å². The Morgan fingerprint density at radius 2 is 2.20 bits per heavy atom. The molecule has 1 aromatic carbocycles. The van der Waals surface area contributed by atoms with E-state index in [2.05, 4.69) is 26.2 Å². The summed E-state index contributed by atoms with van der Waals surface area (Å²) in [5.74, 6) is -1.61. The van der Waals surface area contributed by atoms with Gasteiger partial charge in [-0.2, -0.15) is 0 Å². The van der Waals surface area contributed by atoms with Gasteiger partial charge in [-0.05, 0) is 60.5 Å². The lowest BCUT2D eigenvalue weighted by molar-refractivity contribution is -0.120. The largest absolute Gasteiger partial charge is 0.354 e. The highest BCUT2D eigenvalue weighted by molar-refractivity contribution is 9.10. The molecule has 2 aromatic rings. The predicted octanol–water partition coefficient (Wildman–Crippen LogP) is 3.99. The van der Waals surface area contributed by atoms with Gasteiger partial charge in [0.25, 0.3) is 0 Å². The number of halogens is 3. The van der Waals surface area contributed by atoms with Crippen LogP contribution in [0.4, 0.5) is 8.78 Å². The Kier molecular flexibility index (Phi) is 5.11. The predicted molar refractivity (Wildman–Crippen MR) is 97.1 cm³/mol. The molecule has 0 saturated heterocycles. The molecule has 4 nitrogen and oxygen atoms in total. The molecule has 25 heavy (non-hydrogen) atoms. The number of benzene rings is 1. The molecule has 0 bridgehead atoms. The minimum absolute atomic E-state index is 0.0451. The summed E-state index contributed by atoms with van der Waals surface area (Å²) in [6.45, 7) is 4.17. The van der Waals surface area contributed by atoms with Gasteiger partial charge in [0.2, 0.25) is 5.91 Å². The van der Waals surface area contributed by atoms with E-state index in [4.69, 9.17) is 12.2 Å². The summed E-state index contributed by atoms with van der Waals surface area (Å²) in [6, 6.07) is 2.66. The zero-order chi connectivity index (χ0) is 18.3. The maximum atomic E-state index is 14.4. The topological polar surface area (TPSA) is 49.8 Å². The number of rotatable bonds is 4. The first-order valence-corrected chi connectivity index (χ1v) is 9.21. The first kappa shape index (κ1) is 18.3. The lowest BCUT2D eigenvalue weighted by Crippen LogP contribution is -2.31. The van der Waals surface area contributed by atoms with Crippen LogP contribution in [0.1, 0.15) is 36.7 Å². The first-order chi connectivity index (χ1) is 11.8. The molecule has 0 spiro atoms. The van der Waals surface area contributed by atoms with Crippen LogP contribution in [0.5, 0.6) is 0 Å². The number of fused-ring (bicyclic) bond motifs is 1. The fraction of sp³-hybridized carbons (Fsp3) is 0.412. The molecule has 1 amide bonds. The summed E-state index contributed by atoms with van der Waals surface area (Å²) in [6.07, 6.45) is 0.599. The van der Waals surface area contributed by atoms with Gasteiger partial charge in [0.05, 0.1) is 10.9 Å². The Morgan fingerprint density at radius 3 is 2.88 bits per heavy atom. The summed E-state index contributed by atoms with van der Waals surface area (Å²) < 4.78 is 31.1. The molecule has 1 aliphatic rings. The van der Waals surface area contributed by atoms with Crippen molar-refractivity contribution in [1.29, 1.82) is 0 Å². The highest BCUT2D eigenvalue weighted by Gasteiger charge is 2.31. The number of hydrogen-bond donors (Lipinski definition) is 2. The SMILES string of the molecule is CC(C)NC(=O)Cc1[nH]c(=S)n2c1C[C@H](c1c(F)ccc(Br)c1F)C2. The van der Waals surface area contributed by atoms with E-state index in [9.17, 15) is 13.6 Å². The van der Waals surface area contributed by atoms with Crippen molar-refractivity contribution in [2.75, 3.05) is 0 Å². The Hall–Kier alpha value is -1.54. The average Bonchev–Trinajstić information content (AvgIpc) is 3.05. The molecule has 0 unspecified atom stereocenters. The number of aromatic amines is 1. The third kappa shape index (κ3) is 3.55. The molecule has 1 aliphatic heterocycles. The number of carbonyl (C=O) groups is 1. The van der Waals surface area contributed by atoms with Gasteiger partial charge in [0.1, 0.15) is 11.6 Å². The highest BCUT2D eigenvalue weighted by atomic mass is 79.9. The Bertz CT molecular complexity index is 891. The number of hydrogen-bond acceptors (Lipinski definition) is 2. The van der Waals surface area contributed by atoms with Gasteiger partial charge in [0, 0.05) is 35.5 Å². The second kappa shape index (κ2) is 6.99. The number of aromatic nitrogens is 2. The summed E-state index contributed by atoms with van der Waals surface area (Å²) in [5.41, 5.74) is 1.61. The normalized spacial score (nSPS) is 16.3. The van der Waals surface area contributed by atoms with E-state index in [1.54, 1.807) is 0 Å². The van der Waals surface area contributed by atoms with Crippen molar-refractivity contribution in [3.05, 3.63) is 50.0 Å². The molecule has 2 heterocycles. The number of imidazole rings is 1. The third-order valence-electron chi connectivity index (χ3n) is 4.29. The molecule has 0 fully saturated rings. The van der Waals surface area contributed by atoms with Gasteiger partial charge in [0.15, 0.2) is 4.77 Å². The second-order valence-corrected chi connectivity index (χ2v) is 7.76. The lowest BCUT2D eigenvalue weighted by atomic mass is 9.95. The van der Waals surface area contributed by atoms with Crippen LogP contribution in [0, 0.1) is 16.4 Å². The minimum atomic E-state index is -0.579. The van der Waals surface area contributed by atoms with Crippen molar-refractivity contribution in [2.24, 2.45) is 0 Å². The Labute approximate surface area is 157 Å². The second-order valence-electron chi connectivity index (χ2n) is 6.52. The first-order valence-electron chi connectivity index (χ1n) is 8.01. The van der Waals surface area contributed by atoms with Crippen LogP contribution in [-0.4, -0.2) is 21.5 Å². The van der Waals surface area contributed by atoms with Crippen LogP contribution in [0.25, 0.3) is 0 Å². The lowest BCUT2D eigenvalue weighted by Gasteiger charge is -2.13. The van der Waals surface area contributed by atoms with Gasteiger partial charge in [-0.1, -0.05) is 0 Å². The number of amides is 1. The van der Waals surface area contributed by atoms with Crippen molar-refractivity contribution in [2.45, 2.75) is 45.2 Å². The molecular weight excluding hydrogens is 412 g/mol. The van der Waals surface area contributed by atoms with Crippen molar-refractivity contribution in [3.63, 3.8) is 0 Å². The quantitative estimate of drug-likeness (QED) is 0.569. The fourth-order valence-electron chi connectivity index (χ4n) is 3.29. The molecule has 8 heteroatoms. The zero-order valence-corrected chi connectivity index (χ0v) is 16.2. The van der Waals surface area contributed by atoms with Crippen molar-refractivity contribution in [3.8, 4) is 0 Å². The van der Waals surface area contributed by atoms with E-state index in [0.717, 1.165) is 5.69 Å².